The van der Waals surface area contributed by atoms with Gasteiger partial charge in [0.25, 0.3) is 5.91 Å². The Hall–Kier alpha value is -3.26. The van der Waals surface area contributed by atoms with Gasteiger partial charge in [-0.2, -0.15) is 4.98 Å². The van der Waals surface area contributed by atoms with Crippen molar-refractivity contribution in [1.82, 2.24) is 15.5 Å². The first-order chi connectivity index (χ1) is 14.0. The van der Waals surface area contributed by atoms with Crippen LogP contribution in [0.25, 0.3) is 11.4 Å². The minimum absolute atomic E-state index is 0.245. The van der Waals surface area contributed by atoms with E-state index < -0.39 is 6.04 Å². The fraction of sp³-hybridized carbons (Fsp3) is 0.250. The first-order valence-electron chi connectivity index (χ1n) is 8.67. The second-order valence-corrected chi connectivity index (χ2v) is 6.45. The highest BCUT2D eigenvalue weighted by molar-refractivity contribution is 6.33. The number of methoxy groups -OCH3 is 3. The van der Waals surface area contributed by atoms with Gasteiger partial charge >= 0.3 is 0 Å². The monoisotopic (exact) mass is 417 g/mol. The number of rotatable bonds is 7. The Labute approximate surface area is 172 Å². The molecule has 1 aromatic heterocycles. The number of benzene rings is 2. The third-order valence-corrected chi connectivity index (χ3v) is 4.53. The molecule has 1 amide bonds. The predicted molar refractivity (Wildman–Crippen MR) is 107 cm³/mol. The van der Waals surface area contributed by atoms with Crippen molar-refractivity contribution in [2.24, 2.45) is 0 Å². The van der Waals surface area contributed by atoms with E-state index in [2.05, 4.69) is 15.5 Å². The van der Waals surface area contributed by atoms with Gasteiger partial charge in [-0.1, -0.05) is 28.9 Å². The first kappa shape index (κ1) is 20.5. The average Bonchev–Trinajstić information content (AvgIpc) is 3.23. The SMILES string of the molecule is COc1cc(-c2noc(C(C)NC(=O)c3ccccc3Cl)n2)cc(OC)c1OC. The topological polar surface area (TPSA) is 95.7 Å². The minimum Gasteiger partial charge on any atom is -0.493 e. The molecule has 0 spiro atoms. The molecule has 29 heavy (non-hydrogen) atoms. The Morgan fingerprint density at radius 2 is 1.76 bits per heavy atom. The maximum atomic E-state index is 12.4. The molecule has 0 aliphatic heterocycles. The summed E-state index contributed by atoms with van der Waals surface area (Å²) < 4.78 is 21.3. The number of nitrogens with one attached hydrogen (secondary N) is 1. The number of hydrogen-bond donors (Lipinski definition) is 1. The van der Waals surface area contributed by atoms with E-state index >= 15 is 0 Å². The van der Waals surface area contributed by atoms with Crippen molar-refractivity contribution in [1.29, 1.82) is 0 Å². The summed E-state index contributed by atoms with van der Waals surface area (Å²) in [6.45, 7) is 1.74. The summed E-state index contributed by atoms with van der Waals surface area (Å²) in [5.41, 5.74) is 0.976. The number of ether oxygens (including phenoxy) is 3. The van der Waals surface area contributed by atoms with Crippen LogP contribution in [0.3, 0.4) is 0 Å². The van der Waals surface area contributed by atoms with E-state index in [1.807, 2.05) is 0 Å². The Kier molecular flexibility index (Phi) is 6.23. The van der Waals surface area contributed by atoms with Crippen LogP contribution < -0.4 is 19.5 Å². The largest absolute Gasteiger partial charge is 0.493 e. The molecule has 1 unspecified atom stereocenters. The third-order valence-electron chi connectivity index (χ3n) is 4.20. The maximum absolute atomic E-state index is 12.4. The molecule has 3 aromatic rings. The summed E-state index contributed by atoms with van der Waals surface area (Å²) in [5.74, 6) is 1.62. The van der Waals surface area contributed by atoms with Gasteiger partial charge in [-0.05, 0) is 31.2 Å². The molecular weight excluding hydrogens is 398 g/mol. The second-order valence-electron chi connectivity index (χ2n) is 6.05. The summed E-state index contributed by atoms with van der Waals surface area (Å²) >= 11 is 6.07. The summed E-state index contributed by atoms with van der Waals surface area (Å²) in [5, 5.41) is 7.15. The van der Waals surface area contributed by atoms with Crippen LogP contribution >= 0.6 is 11.6 Å². The molecule has 0 saturated carbocycles. The number of amides is 1. The molecule has 0 radical (unpaired) electrons. The van der Waals surface area contributed by atoms with Crippen molar-refractivity contribution in [3.63, 3.8) is 0 Å². The van der Waals surface area contributed by atoms with E-state index in [9.17, 15) is 4.79 Å². The van der Waals surface area contributed by atoms with E-state index in [4.69, 9.17) is 30.3 Å². The Balaban J connectivity index is 1.83. The fourth-order valence-electron chi connectivity index (χ4n) is 2.72. The molecule has 1 atom stereocenters. The molecule has 9 heteroatoms. The van der Waals surface area contributed by atoms with Crippen molar-refractivity contribution < 1.29 is 23.5 Å². The standard InChI is InChI=1S/C20H20ClN3O5/c1-11(22-19(25)13-7-5-6-8-14(13)21)20-23-18(24-29-20)12-9-15(26-2)17(28-4)16(10-12)27-3/h5-11H,1-4H3,(H,22,25). The van der Waals surface area contributed by atoms with Gasteiger partial charge < -0.3 is 24.1 Å². The van der Waals surface area contributed by atoms with Crippen LogP contribution in [0.15, 0.2) is 40.9 Å². The maximum Gasteiger partial charge on any atom is 0.253 e. The van der Waals surface area contributed by atoms with Crippen LogP contribution in [-0.2, 0) is 0 Å². The highest BCUT2D eigenvalue weighted by atomic mass is 35.5. The number of aromatic nitrogens is 2. The molecule has 0 aliphatic carbocycles. The number of carbonyl (C=O) groups excluding carboxylic acids is 1. The zero-order chi connectivity index (χ0) is 21.0. The highest BCUT2D eigenvalue weighted by Gasteiger charge is 2.21. The van der Waals surface area contributed by atoms with Gasteiger partial charge in [0.15, 0.2) is 11.5 Å². The van der Waals surface area contributed by atoms with Crippen LogP contribution in [0.1, 0.15) is 29.2 Å². The van der Waals surface area contributed by atoms with Crippen molar-refractivity contribution in [3.05, 3.63) is 52.9 Å². The van der Waals surface area contributed by atoms with Gasteiger partial charge in [-0.25, -0.2) is 0 Å². The molecule has 2 aromatic carbocycles. The third kappa shape index (κ3) is 4.27. The quantitative estimate of drug-likeness (QED) is 0.622. The van der Waals surface area contributed by atoms with Crippen molar-refractivity contribution in [2.75, 3.05) is 21.3 Å². The molecule has 1 heterocycles. The summed E-state index contributed by atoms with van der Waals surface area (Å²) in [7, 11) is 4.57. The van der Waals surface area contributed by atoms with Gasteiger partial charge in [-0.3, -0.25) is 4.79 Å². The number of carbonyl (C=O) groups is 1. The molecular formula is C20H20ClN3O5. The molecule has 1 N–H and O–H groups in total. The molecule has 0 bridgehead atoms. The van der Waals surface area contributed by atoms with Crippen LogP contribution in [0, 0.1) is 0 Å². The summed E-state index contributed by atoms with van der Waals surface area (Å²) in [4.78, 5) is 16.8. The number of hydrogen-bond acceptors (Lipinski definition) is 7. The average molecular weight is 418 g/mol. The van der Waals surface area contributed by atoms with Gasteiger partial charge in [0.05, 0.1) is 31.9 Å². The van der Waals surface area contributed by atoms with Gasteiger partial charge in [0, 0.05) is 5.56 Å². The molecule has 0 aliphatic rings. The summed E-state index contributed by atoms with van der Waals surface area (Å²) in [6, 6.07) is 9.68. The number of halogens is 1. The van der Waals surface area contributed by atoms with Gasteiger partial charge in [-0.15, -0.1) is 0 Å². The highest BCUT2D eigenvalue weighted by Crippen LogP contribution is 2.40. The predicted octanol–water partition coefficient (Wildman–Crippen LogP) is 3.91. The molecule has 0 fully saturated rings. The lowest BCUT2D eigenvalue weighted by Crippen LogP contribution is -2.27. The van der Waals surface area contributed by atoms with Crippen LogP contribution in [0.4, 0.5) is 0 Å². The van der Waals surface area contributed by atoms with E-state index in [1.54, 1.807) is 43.3 Å². The number of nitrogens with zero attached hydrogens (tertiary/aromatic N) is 2. The molecule has 3 rings (SSSR count). The minimum atomic E-state index is -0.526. The Morgan fingerprint density at radius 3 is 2.34 bits per heavy atom. The van der Waals surface area contributed by atoms with Crippen molar-refractivity contribution >= 4 is 17.5 Å². The Bertz CT molecular complexity index is 996. The van der Waals surface area contributed by atoms with Gasteiger partial charge in [0.1, 0.15) is 6.04 Å². The van der Waals surface area contributed by atoms with Crippen molar-refractivity contribution in [3.8, 4) is 28.6 Å². The van der Waals surface area contributed by atoms with Crippen LogP contribution in [-0.4, -0.2) is 37.4 Å². The smallest absolute Gasteiger partial charge is 0.253 e. The zero-order valence-corrected chi connectivity index (χ0v) is 17.1. The van der Waals surface area contributed by atoms with Crippen LogP contribution in [0.2, 0.25) is 5.02 Å². The first-order valence-corrected chi connectivity index (χ1v) is 9.05. The molecule has 152 valence electrons. The second kappa shape index (κ2) is 8.83. The normalized spacial score (nSPS) is 11.6. The summed E-state index contributed by atoms with van der Waals surface area (Å²) in [6.07, 6.45) is 0. The Morgan fingerprint density at radius 1 is 1.10 bits per heavy atom. The molecule has 8 nitrogen and oxygen atoms in total. The van der Waals surface area contributed by atoms with Crippen molar-refractivity contribution in [2.45, 2.75) is 13.0 Å². The fourth-order valence-corrected chi connectivity index (χ4v) is 2.94. The van der Waals surface area contributed by atoms with E-state index in [-0.39, 0.29) is 11.8 Å². The lowest BCUT2D eigenvalue weighted by Gasteiger charge is -2.12. The zero-order valence-electron chi connectivity index (χ0n) is 16.4. The van der Waals surface area contributed by atoms with Gasteiger partial charge in [0.2, 0.25) is 17.5 Å². The van der Waals surface area contributed by atoms with E-state index in [1.165, 1.54) is 21.3 Å². The van der Waals surface area contributed by atoms with E-state index in [0.29, 0.717) is 39.2 Å². The lowest BCUT2D eigenvalue weighted by atomic mass is 10.1. The lowest BCUT2D eigenvalue weighted by molar-refractivity contribution is 0.0932. The van der Waals surface area contributed by atoms with Crippen LogP contribution in [0.5, 0.6) is 17.2 Å². The van der Waals surface area contributed by atoms with E-state index in [0.717, 1.165) is 0 Å². The molecule has 0 saturated heterocycles.